The molecule has 0 aromatic heterocycles. The van der Waals surface area contributed by atoms with E-state index in [4.69, 9.17) is 4.74 Å². The second-order valence-corrected chi connectivity index (χ2v) is 8.32. The average Bonchev–Trinajstić information content (AvgIpc) is 2.74. The molecule has 0 spiro atoms. The molecule has 5 heteroatoms. The Morgan fingerprint density at radius 2 is 1.79 bits per heavy atom. The first kappa shape index (κ1) is 20.3. The van der Waals surface area contributed by atoms with E-state index >= 15 is 0 Å². The molecule has 1 N–H and O–H groups in total. The highest BCUT2D eigenvalue weighted by Gasteiger charge is 2.20. The van der Waals surface area contributed by atoms with Gasteiger partial charge < -0.3 is 9.84 Å². The number of likely N-dealkylation sites (tertiary alicyclic amines) is 1. The highest BCUT2D eigenvalue weighted by Crippen LogP contribution is 2.20. The molecule has 0 amide bonds. The lowest BCUT2D eigenvalue weighted by Crippen LogP contribution is -2.38. The van der Waals surface area contributed by atoms with Crippen molar-refractivity contribution in [1.29, 1.82) is 0 Å². The van der Waals surface area contributed by atoms with E-state index in [1.807, 2.05) is 18.2 Å². The second-order valence-electron chi connectivity index (χ2n) is 8.32. The van der Waals surface area contributed by atoms with Gasteiger partial charge in [-0.25, -0.2) is 4.39 Å². The Bertz CT molecular complexity index is 792. The van der Waals surface area contributed by atoms with Crippen LogP contribution in [-0.4, -0.2) is 60.0 Å². The third-order valence-corrected chi connectivity index (χ3v) is 5.94. The maximum Gasteiger partial charge on any atom is 0.119 e. The number of fused-ring (bicyclic) bond motifs is 1. The summed E-state index contributed by atoms with van der Waals surface area (Å²) in [5.74, 6) is 0.783. The molecule has 1 atom stereocenters. The molecule has 4 rings (SSSR count). The Kier molecular flexibility index (Phi) is 6.80. The third kappa shape index (κ3) is 5.78. The molecule has 1 saturated heterocycles. The molecule has 4 nitrogen and oxygen atoms in total. The molecule has 0 radical (unpaired) electrons. The summed E-state index contributed by atoms with van der Waals surface area (Å²) in [6.45, 7) is 5.20. The highest BCUT2D eigenvalue weighted by atomic mass is 19.1. The van der Waals surface area contributed by atoms with Gasteiger partial charge in [0.25, 0.3) is 0 Å². The minimum atomic E-state index is -0.643. The minimum absolute atomic E-state index is 0.287. The average molecular weight is 399 g/mol. The van der Waals surface area contributed by atoms with Crippen LogP contribution in [-0.2, 0) is 19.5 Å². The molecule has 0 saturated carbocycles. The summed E-state index contributed by atoms with van der Waals surface area (Å²) < 4.78 is 19.2. The first-order valence-electron chi connectivity index (χ1n) is 10.7. The lowest BCUT2D eigenvalue weighted by Gasteiger charge is -2.30. The number of rotatable bonds is 7. The molecule has 1 fully saturated rings. The van der Waals surface area contributed by atoms with Crippen molar-refractivity contribution in [2.24, 2.45) is 0 Å². The van der Waals surface area contributed by atoms with Crippen LogP contribution in [0.4, 0.5) is 4.39 Å². The van der Waals surface area contributed by atoms with Crippen molar-refractivity contribution in [3.63, 3.8) is 0 Å². The van der Waals surface area contributed by atoms with E-state index in [1.165, 1.54) is 16.7 Å². The number of alkyl halides is 1. The SMILES string of the molecule is OC(COc1cccc(CN2CCC(F)CC2)c1)CN1CCc2ccccc2C1. The molecule has 2 aromatic rings. The number of aliphatic hydroxyl groups is 1. The van der Waals surface area contributed by atoms with Gasteiger partial charge in [-0.2, -0.15) is 0 Å². The predicted octanol–water partition coefficient (Wildman–Crippen LogP) is 3.42. The van der Waals surface area contributed by atoms with Gasteiger partial charge in [-0.05, 0) is 48.1 Å². The van der Waals surface area contributed by atoms with Crippen molar-refractivity contribution < 1.29 is 14.2 Å². The van der Waals surface area contributed by atoms with Crippen LogP contribution in [0.3, 0.4) is 0 Å². The molecular formula is C24H31FN2O2. The van der Waals surface area contributed by atoms with Crippen molar-refractivity contribution in [2.75, 3.05) is 32.8 Å². The zero-order valence-electron chi connectivity index (χ0n) is 17.0. The number of β-amino-alcohol motifs (C(OH)–C–C–N with tert-alkyl or cyclic N) is 1. The molecule has 29 heavy (non-hydrogen) atoms. The molecule has 2 aromatic carbocycles. The van der Waals surface area contributed by atoms with Crippen molar-refractivity contribution in [3.8, 4) is 5.75 Å². The standard InChI is InChI=1S/C24H31FN2O2/c25-22-9-12-26(13-10-22)15-19-4-3-7-24(14-19)29-18-23(28)17-27-11-8-20-5-1-2-6-21(20)16-27/h1-7,14,22-23,28H,8-13,15-18H2. The van der Waals surface area contributed by atoms with Gasteiger partial charge >= 0.3 is 0 Å². The number of hydrogen-bond acceptors (Lipinski definition) is 4. The largest absolute Gasteiger partial charge is 0.491 e. The maximum absolute atomic E-state index is 13.3. The minimum Gasteiger partial charge on any atom is -0.491 e. The summed E-state index contributed by atoms with van der Waals surface area (Å²) in [4.78, 5) is 4.58. The molecule has 156 valence electrons. The Hall–Kier alpha value is -1.95. The van der Waals surface area contributed by atoms with E-state index in [2.05, 4.69) is 40.1 Å². The van der Waals surface area contributed by atoms with Crippen LogP contribution in [0.25, 0.3) is 0 Å². The summed E-state index contributed by atoms with van der Waals surface area (Å²) in [5, 5.41) is 10.5. The van der Waals surface area contributed by atoms with Crippen LogP contribution in [0.5, 0.6) is 5.75 Å². The Labute approximate surface area is 172 Å². The van der Waals surface area contributed by atoms with Gasteiger partial charge in [0, 0.05) is 39.3 Å². The first-order valence-corrected chi connectivity index (χ1v) is 10.7. The van der Waals surface area contributed by atoms with Gasteiger partial charge in [-0.3, -0.25) is 9.80 Å². The number of nitrogens with zero attached hydrogens (tertiary/aromatic N) is 2. The Balaban J connectivity index is 1.24. The summed E-state index contributed by atoms with van der Waals surface area (Å²) in [6, 6.07) is 16.6. The number of benzene rings is 2. The van der Waals surface area contributed by atoms with Crippen molar-refractivity contribution in [1.82, 2.24) is 9.80 Å². The van der Waals surface area contributed by atoms with Gasteiger partial charge in [-0.15, -0.1) is 0 Å². The normalized spacial score (nSPS) is 19.7. The zero-order chi connectivity index (χ0) is 20.1. The van der Waals surface area contributed by atoms with Gasteiger partial charge in [-0.1, -0.05) is 36.4 Å². The lowest BCUT2D eigenvalue weighted by molar-refractivity contribution is 0.0637. The summed E-state index contributed by atoms with van der Waals surface area (Å²) in [6.07, 6.45) is 1.13. The van der Waals surface area contributed by atoms with Crippen LogP contribution >= 0.6 is 0 Å². The number of piperidine rings is 1. The van der Waals surface area contributed by atoms with Crippen molar-refractivity contribution in [2.45, 2.75) is 44.6 Å². The zero-order valence-corrected chi connectivity index (χ0v) is 17.0. The fourth-order valence-corrected chi connectivity index (χ4v) is 4.30. The lowest BCUT2D eigenvalue weighted by atomic mass is 10.00. The predicted molar refractivity (Wildman–Crippen MR) is 113 cm³/mol. The van der Waals surface area contributed by atoms with Crippen LogP contribution in [0.2, 0.25) is 0 Å². The molecule has 2 aliphatic heterocycles. The molecule has 2 aliphatic rings. The first-order chi connectivity index (χ1) is 14.2. The fraction of sp³-hybridized carbons (Fsp3) is 0.500. The Morgan fingerprint density at radius 1 is 1.00 bits per heavy atom. The van der Waals surface area contributed by atoms with E-state index in [-0.39, 0.29) is 6.61 Å². The monoisotopic (exact) mass is 398 g/mol. The van der Waals surface area contributed by atoms with Crippen LogP contribution in [0, 0.1) is 0 Å². The van der Waals surface area contributed by atoms with E-state index in [0.717, 1.165) is 44.9 Å². The van der Waals surface area contributed by atoms with Crippen molar-refractivity contribution >= 4 is 0 Å². The fourth-order valence-electron chi connectivity index (χ4n) is 4.30. The highest BCUT2D eigenvalue weighted by molar-refractivity contribution is 5.29. The van der Waals surface area contributed by atoms with Crippen molar-refractivity contribution in [3.05, 3.63) is 65.2 Å². The van der Waals surface area contributed by atoms with E-state index in [9.17, 15) is 9.50 Å². The molecular weight excluding hydrogens is 367 g/mol. The van der Waals surface area contributed by atoms with Gasteiger partial charge in [0.05, 0.1) is 0 Å². The van der Waals surface area contributed by atoms with Crippen LogP contribution < -0.4 is 4.74 Å². The maximum atomic E-state index is 13.3. The topological polar surface area (TPSA) is 35.9 Å². The number of halogens is 1. The van der Waals surface area contributed by atoms with E-state index in [1.54, 1.807) is 0 Å². The van der Waals surface area contributed by atoms with Gasteiger partial charge in [0.2, 0.25) is 0 Å². The Morgan fingerprint density at radius 3 is 2.62 bits per heavy atom. The third-order valence-electron chi connectivity index (χ3n) is 5.94. The summed E-state index contributed by atoms with van der Waals surface area (Å²) in [5.41, 5.74) is 3.94. The number of aliphatic hydroxyl groups excluding tert-OH is 1. The molecule has 2 heterocycles. The van der Waals surface area contributed by atoms with E-state index in [0.29, 0.717) is 19.4 Å². The summed E-state index contributed by atoms with van der Waals surface area (Å²) >= 11 is 0. The van der Waals surface area contributed by atoms with Crippen LogP contribution in [0.1, 0.15) is 29.5 Å². The second kappa shape index (κ2) is 9.70. The molecule has 1 unspecified atom stereocenters. The number of ether oxygens (including phenoxy) is 1. The summed E-state index contributed by atoms with van der Waals surface area (Å²) in [7, 11) is 0. The van der Waals surface area contributed by atoms with Crippen LogP contribution in [0.15, 0.2) is 48.5 Å². The smallest absolute Gasteiger partial charge is 0.119 e. The molecule has 0 bridgehead atoms. The van der Waals surface area contributed by atoms with E-state index < -0.39 is 12.3 Å². The quantitative estimate of drug-likeness (QED) is 0.775. The molecule has 0 aliphatic carbocycles. The van der Waals surface area contributed by atoms with Gasteiger partial charge in [0.15, 0.2) is 0 Å². The van der Waals surface area contributed by atoms with Gasteiger partial charge in [0.1, 0.15) is 24.6 Å². The number of hydrogen-bond donors (Lipinski definition) is 1.